The van der Waals surface area contributed by atoms with E-state index in [9.17, 15) is 4.89 Å². The molecule has 0 saturated carbocycles. The van der Waals surface area contributed by atoms with Gasteiger partial charge in [0.15, 0.2) is 0 Å². The highest BCUT2D eigenvalue weighted by Crippen LogP contribution is 2.28. The molecule has 122 valence electrons. The van der Waals surface area contributed by atoms with Gasteiger partial charge in [-0.25, -0.2) is 0 Å². The lowest BCUT2D eigenvalue weighted by molar-refractivity contribution is -0.204. The molecular weight excluding hydrogens is 271 g/mol. The van der Waals surface area contributed by atoms with Gasteiger partial charge in [0, 0.05) is 0 Å². The first-order valence-electron chi connectivity index (χ1n) is 8.25. The van der Waals surface area contributed by atoms with E-state index in [1.54, 1.807) is 0 Å². The lowest BCUT2D eigenvalue weighted by atomic mass is 10.1. The van der Waals surface area contributed by atoms with Gasteiger partial charge in [-0.3, -0.25) is 0 Å². The van der Waals surface area contributed by atoms with Crippen molar-refractivity contribution < 1.29 is 13.9 Å². The number of hydrogen-bond acceptors (Lipinski definition) is 3. The average molecular weight is 305 g/mol. The molecule has 0 aliphatic heterocycles. The van der Waals surface area contributed by atoms with E-state index in [4.69, 9.17) is 9.05 Å². The van der Waals surface area contributed by atoms with Crippen LogP contribution in [0.5, 0.6) is 0 Å². The SMILES string of the molecule is CC(C)CCCCCOP([O-])OCCCCCC(C)C. The Hall–Kier alpha value is 0.310. The van der Waals surface area contributed by atoms with Gasteiger partial charge in [-0.05, 0) is 24.7 Å². The van der Waals surface area contributed by atoms with Crippen molar-refractivity contribution in [2.24, 2.45) is 11.8 Å². The molecule has 0 radical (unpaired) electrons. The maximum atomic E-state index is 11.4. The first-order chi connectivity index (χ1) is 9.52. The fraction of sp³-hybridized carbons (Fsp3) is 1.00. The van der Waals surface area contributed by atoms with E-state index in [1.807, 2.05) is 0 Å². The van der Waals surface area contributed by atoms with Gasteiger partial charge in [0.2, 0.25) is 0 Å². The summed E-state index contributed by atoms with van der Waals surface area (Å²) >= 11 is 0. The lowest BCUT2D eigenvalue weighted by Crippen LogP contribution is -2.05. The molecule has 0 unspecified atom stereocenters. The molecule has 20 heavy (non-hydrogen) atoms. The maximum absolute atomic E-state index is 11.4. The summed E-state index contributed by atoms with van der Waals surface area (Å²) in [6.07, 6.45) is 9.24. The monoisotopic (exact) mass is 305 g/mol. The van der Waals surface area contributed by atoms with Crippen LogP contribution in [0.15, 0.2) is 0 Å². The minimum absolute atomic E-state index is 0.556. The van der Waals surface area contributed by atoms with Crippen LogP contribution in [-0.4, -0.2) is 13.2 Å². The Morgan fingerprint density at radius 1 is 0.700 bits per heavy atom. The highest BCUT2D eigenvalue weighted by molar-refractivity contribution is 7.39. The van der Waals surface area contributed by atoms with Crippen molar-refractivity contribution in [2.75, 3.05) is 13.2 Å². The van der Waals surface area contributed by atoms with Crippen LogP contribution in [0.3, 0.4) is 0 Å². The molecule has 0 fully saturated rings. The zero-order chi connectivity index (χ0) is 15.2. The molecule has 0 aliphatic rings. The Morgan fingerprint density at radius 2 is 1.10 bits per heavy atom. The second kappa shape index (κ2) is 14.3. The Balaban J connectivity index is 3.18. The van der Waals surface area contributed by atoms with Gasteiger partial charge < -0.3 is 13.9 Å². The van der Waals surface area contributed by atoms with E-state index in [2.05, 4.69) is 27.7 Å². The van der Waals surface area contributed by atoms with Gasteiger partial charge in [0.1, 0.15) is 0 Å². The van der Waals surface area contributed by atoms with Crippen molar-refractivity contribution in [3.63, 3.8) is 0 Å². The van der Waals surface area contributed by atoms with Crippen molar-refractivity contribution in [3.8, 4) is 0 Å². The van der Waals surface area contributed by atoms with E-state index in [0.717, 1.165) is 37.5 Å². The van der Waals surface area contributed by atoms with Gasteiger partial charge in [0.25, 0.3) is 0 Å². The molecule has 0 aliphatic carbocycles. The zero-order valence-electron chi connectivity index (χ0n) is 13.9. The summed E-state index contributed by atoms with van der Waals surface area (Å²) in [5.74, 6) is 1.54. The Labute approximate surface area is 127 Å². The standard InChI is InChI=1S/C16H34O3P/c1-15(2)11-7-5-9-13-18-20(17)19-14-10-6-8-12-16(3)4/h15-16H,5-14H2,1-4H3/q-1. The van der Waals surface area contributed by atoms with Crippen LogP contribution in [0.4, 0.5) is 0 Å². The predicted octanol–water partition coefficient (Wildman–Crippen LogP) is 5.04. The first kappa shape index (κ1) is 20.3. The molecule has 0 heterocycles. The minimum atomic E-state index is -1.90. The Bertz CT molecular complexity index is 178. The predicted molar refractivity (Wildman–Crippen MR) is 85.4 cm³/mol. The summed E-state index contributed by atoms with van der Waals surface area (Å²) in [5.41, 5.74) is 0. The van der Waals surface area contributed by atoms with Gasteiger partial charge >= 0.3 is 0 Å². The molecule has 0 N–H and O–H groups in total. The van der Waals surface area contributed by atoms with Crippen LogP contribution in [0.2, 0.25) is 0 Å². The van der Waals surface area contributed by atoms with Gasteiger partial charge in [-0.1, -0.05) is 66.2 Å². The van der Waals surface area contributed by atoms with Crippen molar-refractivity contribution >= 4 is 8.60 Å². The fourth-order valence-electron chi connectivity index (χ4n) is 1.98. The van der Waals surface area contributed by atoms with E-state index in [1.165, 1.54) is 25.7 Å². The molecule has 0 bridgehead atoms. The quantitative estimate of drug-likeness (QED) is 0.333. The molecule has 0 rings (SSSR count). The van der Waals surface area contributed by atoms with Crippen molar-refractivity contribution in [2.45, 2.75) is 79.1 Å². The molecule has 0 aromatic heterocycles. The highest BCUT2D eigenvalue weighted by atomic mass is 31.2. The van der Waals surface area contributed by atoms with Gasteiger partial charge in [-0.2, -0.15) is 0 Å². The highest BCUT2D eigenvalue weighted by Gasteiger charge is 1.99. The molecule has 0 aromatic carbocycles. The van der Waals surface area contributed by atoms with Crippen molar-refractivity contribution in [1.82, 2.24) is 0 Å². The van der Waals surface area contributed by atoms with Crippen LogP contribution in [0, 0.1) is 11.8 Å². The topological polar surface area (TPSA) is 41.5 Å². The summed E-state index contributed by atoms with van der Waals surface area (Å²) < 4.78 is 10.4. The third kappa shape index (κ3) is 16.4. The molecule has 0 spiro atoms. The molecule has 0 atom stereocenters. The van der Waals surface area contributed by atoms with Crippen molar-refractivity contribution in [3.05, 3.63) is 0 Å². The van der Waals surface area contributed by atoms with Crippen molar-refractivity contribution in [1.29, 1.82) is 0 Å². The molecule has 0 amide bonds. The summed E-state index contributed by atoms with van der Waals surface area (Å²) in [6.45, 7) is 10.1. The zero-order valence-corrected chi connectivity index (χ0v) is 14.8. The summed E-state index contributed by atoms with van der Waals surface area (Å²) in [7, 11) is -1.90. The Morgan fingerprint density at radius 3 is 1.45 bits per heavy atom. The third-order valence-corrected chi connectivity index (χ3v) is 4.03. The number of unbranched alkanes of at least 4 members (excludes halogenated alkanes) is 4. The molecule has 0 aromatic rings. The van der Waals surface area contributed by atoms with Crippen LogP contribution < -0.4 is 4.89 Å². The summed E-state index contributed by atoms with van der Waals surface area (Å²) in [4.78, 5) is 11.4. The van der Waals surface area contributed by atoms with Crippen LogP contribution >= 0.6 is 8.60 Å². The van der Waals surface area contributed by atoms with Gasteiger partial charge in [-0.15, -0.1) is 0 Å². The van der Waals surface area contributed by atoms with Gasteiger partial charge in [0.05, 0.1) is 21.8 Å². The first-order valence-corrected chi connectivity index (χ1v) is 9.35. The fourth-order valence-corrected chi connectivity index (χ4v) is 2.61. The summed E-state index contributed by atoms with van der Waals surface area (Å²) in [6, 6.07) is 0. The third-order valence-electron chi connectivity index (χ3n) is 3.25. The molecule has 0 saturated heterocycles. The van der Waals surface area contributed by atoms with E-state index in [0.29, 0.717) is 13.2 Å². The smallest absolute Gasteiger partial charge is 0.0828 e. The van der Waals surface area contributed by atoms with E-state index in [-0.39, 0.29) is 0 Å². The summed E-state index contributed by atoms with van der Waals surface area (Å²) in [5, 5.41) is 0. The van der Waals surface area contributed by atoms with Crippen LogP contribution in [-0.2, 0) is 9.05 Å². The van der Waals surface area contributed by atoms with E-state index < -0.39 is 8.60 Å². The molecular formula is C16H34O3P-. The lowest BCUT2D eigenvalue weighted by Gasteiger charge is -2.22. The number of rotatable bonds is 14. The second-order valence-corrected chi connectivity index (χ2v) is 7.34. The minimum Gasteiger partial charge on any atom is -0.786 e. The normalized spacial score (nSPS) is 12.0. The average Bonchev–Trinajstić information content (AvgIpc) is 2.37. The second-order valence-electron chi connectivity index (χ2n) is 6.38. The molecule has 4 heteroatoms. The van der Waals surface area contributed by atoms with Crippen LogP contribution in [0.25, 0.3) is 0 Å². The largest absolute Gasteiger partial charge is 0.786 e. The maximum Gasteiger partial charge on any atom is 0.0828 e. The van der Waals surface area contributed by atoms with Crippen LogP contribution in [0.1, 0.15) is 79.1 Å². The number of hydrogen-bond donors (Lipinski definition) is 0. The Kier molecular flexibility index (Phi) is 14.5. The molecule has 3 nitrogen and oxygen atoms in total. The van der Waals surface area contributed by atoms with E-state index >= 15 is 0 Å².